The van der Waals surface area contributed by atoms with Crippen LogP contribution in [0.4, 0.5) is 23.0 Å². The summed E-state index contributed by atoms with van der Waals surface area (Å²) in [6, 6.07) is 21.2. The molecule has 8 heteroatoms. The van der Waals surface area contributed by atoms with Crippen molar-refractivity contribution in [3.63, 3.8) is 0 Å². The Kier molecular flexibility index (Phi) is 6.63. The number of amides is 1. The SMILES string of the molecule is Cc1ccc(C(=O)Nc2ccc(-c3ccnc(Nc4ccc(N5CCOCC5)cc4)n3)cc2)cn1. The second kappa shape index (κ2) is 10.3. The largest absolute Gasteiger partial charge is 0.378 e. The highest BCUT2D eigenvalue weighted by molar-refractivity contribution is 6.04. The number of hydrogen-bond donors (Lipinski definition) is 2. The molecule has 1 aliphatic heterocycles. The van der Waals surface area contributed by atoms with Crippen LogP contribution in [0.2, 0.25) is 0 Å². The van der Waals surface area contributed by atoms with Gasteiger partial charge in [-0.3, -0.25) is 9.78 Å². The number of nitrogens with one attached hydrogen (secondary N) is 2. The smallest absolute Gasteiger partial charge is 0.257 e. The third kappa shape index (κ3) is 5.62. The van der Waals surface area contributed by atoms with E-state index in [0.29, 0.717) is 17.2 Å². The first-order valence-corrected chi connectivity index (χ1v) is 11.5. The van der Waals surface area contributed by atoms with E-state index in [1.54, 1.807) is 18.5 Å². The Morgan fingerprint density at radius 3 is 2.34 bits per heavy atom. The number of aromatic nitrogens is 3. The lowest BCUT2D eigenvalue weighted by Gasteiger charge is -2.28. The Hall–Kier alpha value is -4.30. The summed E-state index contributed by atoms with van der Waals surface area (Å²) in [4.78, 5) is 27.9. The molecule has 0 spiro atoms. The van der Waals surface area contributed by atoms with Gasteiger partial charge in [0.25, 0.3) is 5.91 Å². The number of hydrogen-bond acceptors (Lipinski definition) is 7. The Labute approximate surface area is 204 Å². The summed E-state index contributed by atoms with van der Waals surface area (Å²) < 4.78 is 5.43. The van der Waals surface area contributed by atoms with Crippen molar-refractivity contribution in [2.75, 3.05) is 41.8 Å². The lowest BCUT2D eigenvalue weighted by Crippen LogP contribution is -2.36. The van der Waals surface area contributed by atoms with Crippen LogP contribution in [0.5, 0.6) is 0 Å². The quantitative estimate of drug-likeness (QED) is 0.426. The second-order valence-electron chi connectivity index (χ2n) is 8.26. The van der Waals surface area contributed by atoms with E-state index < -0.39 is 0 Å². The molecule has 2 aromatic heterocycles. The van der Waals surface area contributed by atoms with Crippen molar-refractivity contribution in [3.05, 3.63) is 90.4 Å². The molecular weight excluding hydrogens is 440 g/mol. The number of carbonyl (C=O) groups is 1. The van der Waals surface area contributed by atoms with Crippen LogP contribution in [0.25, 0.3) is 11.3 Å². The van der Waals surface area contributed by atoms with Gasteiger partial charge >= 0.3 is 0 Å². The van der Waals surface area contributed by atoms with Crippen molar-refractivity contribution in [1.82, 2.24) is 15.0 Å². The van der Waals surface area contributed by atoms with Gasteiger partial charge in [0, 0.05) is 53.8 Å². The van der Waals surface area contributed by atoms with Crippen LogP contribution in [-0.4, -0.2) is 47.2 Å². The fourth-order valence-corrected chi connectivity index (χ4v) is 3.82. The molecule has 1 aliphatic rings. The highest BCUT2D eigenvalue weighted by Crippen LogP contribution is 2.23. The number of ether oxygens (including phenoxy) is 1. The van der Waals surface area contributed by atoms with Crippen molar-refractivity contribution < 1.29 is 9.53 Å². The molecule has 35 heavy (non-hydrogen) atoms. The van der Waals surface area contributed by atoms with Crippen molar-refractivity contribution in [2.24, 2.45) is 0 Å². The fourth-order valence-electron chi connectivity index (χ4n) is 3.82. The van der Waals surface area contributed by atoms with Crippen LogP contribution in [0.1, 0.15) is 16.1 Å². The summed E-state index contributed by atoms with van der Waals surface area (Å²) in [5.41, 5.74) is 5.90. The first-order valence-electron chi connectivity index (χ1n) is 11.5. The summed E-state index contributed by atoms with van der Waals surface area (Å²) in [6.07, 6.45) is 3.30. The van der Waals surface area contributed by atoms with Gasteiger partial charge in [-0.2, -0.15) is 0 Å². The predicted molar refractivity (Wildman–Crippen MR) is 137 cm³/mol. The number of benzene rings is 2. The minimum Gasteiger partial charge on any atom is -0.378 e. The normalized spacial score (nSPS) is 13.3. The summed E-state index contributed by atoms with van der Waals surface area (Å²) in [5.74, 6) is 0.323. The molecule has 0 radical (unpaired) electrons. The molecule has 0 aliphatic carbocycles. The van der Waals surface area contributed by atoms with E-state index in [1.165, 1.54) is 5.69 Å². The predicted octanol–water partition coefficient (Wildman–Crippen LogP) is 4.68. The maximum absolute atomic E-state index is 12.4. The van der Waals surface area contributed by atoms with Gasteiger partial charge in [-0.1, -0.05) is 12.1 Å². The van der Waals surface area contributed by atoms with Gasteiger partial charge in [-0.15, -0.1) is 0 Å². The van der Waals surface area contributed by atoms with E-state index in [9.17, 15) is 4.79 Å². The molecule has 8 nitrogen and oxygen atoms in total. The highest BCUT2D eigenvalue weighted by atomic mass is 16.5. The van der Waals surface area contributed by atoms with E-state index in [1.807, 2.05) is 55.5 Å². The summed E-state index contributed by atoms with van der Waals surface area (Å²) >= 11 is 0. The van der Waals surface area contributed by atoms with Crippen LogP contribution in [-0.2, 0) is 4.74 Å². The minimum absolute atomic E-state index is 0.196. The molecule has 1 fully saturated rings. The maximum Gasteiger partial charge on any atom is 0.257 e. The summed E-state index contributed by atoms with van der Waals surface area (Å²) in [5, 5.41) is 6.17. The van der Waals surface area contributed by atoms with Gasteiger partial charge in [-0.05, 0) is 61.5 Å². The van der Waals surface area contributed by atoms with Gasteiger partial charge in [0.2, 0.25) is 5.95 Å². The zero-order valence-corrected chi connectivity index (χ0v) is 19.4. The van der Waals surface area contributed by atoms with Crippen LogP contribution in [0.15, 0.2) is 79.1 Å². The average Bonchev–Trinajstić information content (AvgIpc) is 2.91. The minimum atomic E-state index is -0.196. The van der Waals surface area contributed by atoms with Crippen LogP contribution < -0.4 is 15.5 Å². The van der Waals surface area contributed by atoms with Gasteiger partial charge in [0.05, 0.1) is 24.5 Å². The number of rotatable bonds is 6. The molecule has 1 amide bonds. The van der Waals surface area contributed by atoms with Crippen molar-refractivity contribution in [2.45, 2.75) is 6.92 Å². The van der Waals surface area contributed by atoms with Gasteiger partial charge in [0.1, 0.15) is 0 Å². The monoisotopic (exact) mass is 466 g/mol. The van der Waals surface area contributed by atoms with E-state index >= 15 is 0 Å². The summed E-state index contributed by atoms with van der Waals surface area (Å²) in [6.45, 7) is 5.22. The third-order valence-electron chi connectivity index (χ3n) is 5.77. The van der Waals surface area contributed by atoms with Crippen LogP contribution >= 0.6 is 0 Å². The number of anilines is 4. The number of aryl methyl sites for hydroxylation is 1. The van der Waals surface area contributed by atoms with Crippen molar-refractivity contribution in [1.29, 1.82) is 0 Å². The molecule has 1 saturated heterocycles. The lowest BCUT2D eigenvalue weighted by atomic mass is 10.1. The van der Waals surface area contributed by atoms with E-state index in [0.717, 1.165) is 48.9 Å². The van der Waals surface area contributed by atoms with Gasteiger partial charge < -0.3 is 20.3 Å². The Morgan fingerprint density at radius 2 is 1.63 bits per heavy atom. The number of morpholine rings is 1. The molecule has 176 valence electrons. The topological polar surface area (TPSA) is 92.3 Å². The van der Waals surface area contributed by atoms with Gasteiger partial charge in [0.15, 0.2) is 0 Å². The lowest BCUT2D eigenvalue weighted by molar-refractivity contribution is 0.102. The first-order chi connectivity index (χ1) is 17.1. The maximum atomic E-state index is 12.4. The van der Waals surface area contributed by atoms with E-state index in [2.05, 4.69) is 42.6 Å². The Bertz CT molecular complexity index is 1280. The Morgan fingerprint density at radius 1 is 0.886 bits per heavy atom. The van der Waals surface area contributed by atoms with E-state index in [-0.39, 0.29) is 5.91 Å². The molecule has 0 bridgehead atoms. The summed E-state index contributed by atoms with van der Waals surface area (Å²) in [7, 11) is 0. The van der Waals surface area contributed by atoms with Crippen molar-refractivity contribution >= 4 is 28.9 Å². The second-order valence-corrected chi connectivity index (χ2v) is 8.26. The molecule has 0 saturated carbocycles. The zero-order valence-electron chi connectivity index (χ0n) is 19.4. The molecule has 2 aromatic carbocycles. The third-order valence-corrected chi connectivity index (χ3v) is 5.77. The number of pyridine rings is 1. The van der Waals surface area contributed by atoms with Crippen molar-refractivity contribution in [3.8, 4) is 11.3 Å². The molecule has 0 unspecified atom stereocenters. The van der Waals surface area contributed by atoms with Crippen LogP contribution in [0, 0.1) is 6.92 Å². The molecule has 5 rings (SSSR count). The Balaban J connectivity index is 1.23. The molecule has 0 atom stereocenters. The van der Waals surface area contributed by atoms with Gasteiger partial charge in [-0.25, -0.2) is 9.97 Å². The van der Waals surface area contributed by atoms with E-state index in [4.69, 9.17) is 4.74 Å². The molecule has 4 aromatic rings. The number of carbonyl (C=O) groups excluding carboxylic acids is 1. The highest BCUT2D eigenvalue weighted by Gasteiger charge is 2.11. The molecular formula is C27H26N6O2. The average molecular weight is 467 g/mol. The fraction of sp³-hybridized carbons (Fsp3) is 0.185. The molecule has 2 N–H and O–H groups in total. The molecule has 3 heterocycles. The standard InChI is InChI=1S/C27H26N6O2/c1-19-2-3-21(18-29-19)26(34)30-22-6-4-20(5-7-22)25-12-13-28-27(32-25)31-23-8-10-24(11-9-23)33-14-16-35-17-15-33/h2-13,18H,14-17H2,1H3,(H,30,34)(H,28,31,32). The number of nitrogens with zero attached hydrogens (tertiary/aromatic N) is 4. The van der Waals surface area contributed by atoms with Crippen LogP contribution in [0.3, 0.4) is 0 Å². The zero-order chi connectivity index (χ0) is 24.0. The first kappa shape index (κ1) is 22.5.